The number of carbonyl (C=O) groups is 1. The van der Waals surface area contributed by atoms with Crippen LogP contribution in [0, 0.1) is 0 Å². The number of rotatable bonds is 2. The molecule has 130 valence electrons. The average Bonchev–Trinajstić information content (AvgIpc) is 2.97. The molecule has 0 radical (unpaired) electrons. The normalized spacial score (nSPS) is 11.5. The molecule has 2 aromatic heterocycles. The number of nitrogens with zero attached hydrogens (tertiary/aromatic N) is 5. The van der Waals surface area contributed by atoms with E-state index in [4.69, 9.17) is 10.5 Å². The standard InChI is InChI=1S/C17H20N6O2/c1-17(2,3)25-16(24)22(4)14-13-15(20-9-19-14)23(10-21-13)12-7-5-11(18)6-8-12/h5-10H,18H2,1-4H3. The van der Waals surface area contributed by atoms with Gasteiger partial charge in [0.1, 0.15) is 18.3 Å². The predicted octanol–water partition coefficient (Wildman–Crippen LogP) is 2.77. The van der Waals surface area contributed by atoms with Gasteiger partial charge in [-0.05, 0) is 45.0 Å². The van der Waals surface area contributed by atoms with Crippen LogP contribution >= 0.6 is 0 Å². The van der Waals surface area contributed by atoms with Crippen LogP contribution in [0.4, 0.5) is 16.3 Å². The third-order valence-corrected chi connectivity index (χ3v) is 3.47. The topological polar surface area (TPSA) is 99.2 Å². The molecule has 0 aliphatic carbocycles. The highest BCUT2D eigenvalue weighted by molar-refractivity contribution is 5.95. The van der Waals surface area contributed by atoms with Gasteiger partial charge in [-0.3, -0.25) is 9.47 Å². The third-order valence-electron chi connectivity index (χ3n) is 3.47. The molecular weight excluding hydrogens is 320 g/mol. The zero-order valence-corrected chi connectivity index (χ0v) is 14.6. The first-order chi connectivity index (χ1) is 11.8. The fourth-order valence-corrected chi connectivity index (χ4v) is 2.31. The Kier molecular flexibility index (Phi) is 4.03. The molecular formula is C17H20N6O2. The van der Waals surface area contributed by atoms with E-state index in [0.717, 1.165) is 5.69 Å². The van der Waals surface area contributed by atoms with E-state index in [-0.39, 0.29) is 0 Å². The van der Waals surface area contributed by atoms with E-state index < -0.39 is 11.7 Å². The smallest absolute Gasteiger partial charge is 0.415 e. The number of amides is 1. The number of imidazole rings is 1. The SMILES string of the molecule is CN(C(=O)OC(C)(C)C)c1ncnc2c1ncn2-c1ccc(N)cc1. The second kappa shape index (κ2) is 6.04. The number of hydrogen-bond donors (Lipinski definition) is 1. The summed E-state index contributed by atoms with van der Waals surface area (Å²) in [4.78, 5) is 26.5. The van der Waals surface area contributed by atoms with E-state index in [0.29, 0.717) is 22.7 Å². The Hall–Kier alpha value is -3.16. The lowest BCUT2D eigenvalue weighted by molar-refractivity contribution is 0.0588. The van der Waals surface area contributed by atoms with Crippen LogP contribution in [0.5, 0.6) is 0 Å². The lowest BCUT2D eigenvalue weighted by Crippen LogP contribution is -2.34. The van der Waals surface area contributed by atoms with Crippen LogP contribution in [0.15, 0.2) is 36.9 Å². The monoisotopic (exact) mass is 340 g/mol. The molecule has 0 fully saturated rings. The Morgan fingerprint density at radius 1 is 1.16 bits per heavy atom. The van der Waals surface area contributed by atoms with Gasteiger partial charge in [-0.25, -0.2) is 19.7 Å². The molecule has 0 aliphatic rings. The van der Waals surface area contributed by atoms with Crippen molar-refractivity contribution in [2.24, 2.45) is 0 Å². The molecule has 3 rings (SSSR count). The van der Waals surface area contributed by atoms with Crippen LogP contribution in [0.3, 0.4) is 0 Å². The molecule has 0 bridgehead atoms. The van der Waals surface area contributed by atoms with E-state index in [9.17, 15) is 4.79 Å². The minimum absolute atomic E-state index is 0.383. The van der Waals surface area contributed by atoms with Crippen LogP contribution in [0.2, 0.25) is 0 Å². The van der Waals surface area contributed by atoms with Crippen molar-refractivity contribution >= 4 is 28.8 Å². The number of anilines is 2. The number of nitrogens with two attached hydrogens (primary N) is 1. The van der Waals surface area contributed by atoms with Crippen molar-refractivity contribution in [3.8, 4) is 5.69 Å². The van der Waals surface area contributed by atoms with Gasteiger partial charge in [0.2, 0.25) is 0 Å². The number of nitrogen functional groups attached to an aromatic ring is 1. The first kappa shape index (κ1) is 16.7. The summed E-state index contributed by atoms with van der Waals surface area (Å²) in [7, 11) is 1.60. The molecule has 3 aromatic rings. The number of aromatic nitrogens is 4. The van der Waals surface area contributed by atoms with Gasteiger partial charge >= 0.3 is 6.09 Å². The minimum Gasteiger partial charge on any atom is -0.443 e. The lowest BCUT2D eigenvalue weighted by atomic mass is 10.2. The van der Waals surface area contributed by atoms with E-state index in [2.05, 4.69) is 15.0 Å². The van der Waals surface area contributed by atoms with Crippen molar-refractivity contribution in [1.29, 1.82) is 0 Å². The van der Waals surface area contributed by atoms with Crippen molar-refractivity contribution in [3.05, 3.63) is 36.9 Å². The number of ether oxygens (including phenoxy) is 1. The largest absolute Gasteiger partial charge is 0.443 e. The van der Waals surface area contributed by atoms with Crippen LogP contribution < -0.4 is 10.6 Å². The maximum absolute atomic E-state index is 12.3. The van der Waals surface area contributed by atoms with Crippen molar-refractivity contribution < 1.29 is 9.53 Å². The van der Waals surface area contributed by atoms with Crippen LogP contribution in [0.1, 0.15) is 20.8 Å². The predicted molar refractivity (Wildman–Crippen MR) is 95.7 cm³/mol. The fourth-order valence-electron chi connectivity index (χ4n) is 2.31. The summed E-state index contributed by atoms with van der Waals surface area (Å²) < 4.78 is 7.19. The Morgan fingerprint density at radius 3 is 2.48 bits per heavy atom. The number of fused-ring (bicyclic) bond motifs is 1. The summed E-state index contributed by atoms with van der Waals surface area (Å²) in [6, 6.07) is 7.35. The van der Waals surface area contributed by atoms with E-state index >= 15 is 0 Å². The van der Waals surface area contributed by atoms with Gasteiger partial charge in [0.05, 0.1) is 0 Å². The summed E-state index contributed by atoms with van der Waals surface area (Å²) in [5.41, 5.74) is 7.77. The third kappa shape index (κ3) is 3.37. The Bertz CT molecular complexity index is 911. The molecule has 1 aromatic carbocycles. The lowest BCUT2D eigenvalue weighted by Gasteiger charge is -2.24. The molecule has 25 heavy (non-hydrogen) atoms. The van der Waals surface area contributed by atoms with Gasteiger partial charge in [-0.2, -0.15) is 0 Å². The Labute approximate surface area is 145 Å². The van der Waals surface area contributed by atoms with Gasteiger partial charge in [-0.15, -0.1) is 0 Å². The molecule has 2 N–H and O–H groups in total. The summed E-state index contributed by atoms with van der Waals surface area (Å²) in [6.45, 7) is 5.43. The van der Waals surface area contributed by atoms with Gasteiger partial charge < -0.3 is 10.5 Å². The summed E-state index contributed by atoms with van der Waals surface area (Å²) in [5.74, 6) is 0.383. The molecule has 0 saturated heterocycles. The average molecular weight is 340 g/mol. The van der Waals surface area contributed by atoms with Crippen LogP contribution in [-0.2, 0) is 4.74 Å². The van der Waals surface area contributed by atoms with Gasteiger partial charge in [0.25, 0.3) is 0 Å². The van der Waals surface area contributed by atoms with E-state index in [1.807, 2.05) is 37.5 Å². The maximum Gasteiger partial charge on any atom is 0.415 e. The summed E-state index contributed by atoms with van der Waals surface area (Å²) >= 11 is 0. The van der Waals surface area contributed by atoms with Gasteiger partial charge in [-0.1, -0.05) is 0 Å². The Balaban J connectivity index is 2.01. The minimum atomic E-state index is -0.596. The molecule has 0 saturated carbocycles. The van der Waals surface area contributed by atoms with Crippen LogP contribution in [-0.4, -0.2) is 38.3 Å². The molecule has 0 aliphatic heterocycles. The molecule has 8 heteroatoms. The molecule has 1 amide bonds. The van der Waals surface area contributed by atoms with Crippen molar-refractivity contribution in [3.63, 3.8) is 0 Å². The molecule has 8 nitrogen and oxygen atoms in total. The first-order valence-electron chi connectivity index (χ1n) is 7.77. The first-order valence-corrected chi connectivity index (χ1v) is 7.77. The molecule has 0 spiro atoms. The highest BCUT2D eigenvalue weighted by Gasteiger charge is 2.24. The number of hydrogen-bond acceptors (Lipinski definition) is 6. The molecule has 0 atom stereocenters. The van der Waals surface area contributed by atoms with Crippen molar-refractivity contribution in [2.75, 3.05) is 17.7 Å². The zero-order chi connectivity index (χ0) is 18.2. The van der Waals surface area contributed by atoms with Gasteiger partial charge in [0.15, 0.2) is 17.0 Å². The van der Waals surface area contributed by atoms with Crippen molar-refractivity contribution in [1.82, 2.24) is 19.5 Å². The summed E-state index contributed by atoms with van der Waals surface area (Å²) in [5, 5.41) is 0. The quantitative estimate of drug-likeness (QED) is 0.720. The van der Waals surface area contributed by atoms with Crippen molar-refractivity contribution in [2.45, 2.75) is 26.4 Å². The Morgan fingerprint density at radius 2 is 1.84 bits per heavy atom. The highest BCUT2D eigenvalue weighted by Crippen LogP contribution is 2.24. The zero-order valence-electron chi connectivity index (χ0n) is 14.6. The van der Waals surface area contributed by atoms with E-state index in [1.54, 1.807) is 25.5 Å². The van der Waals surface area contributed by atoms with Gasteiger partial charge in [0, 0.05) is 18.4 Å². The number of carbonyl (C=O) groups excluding carboxylic acids is 1. The number of benzene rings is 1. The molecule has 0 unspecified atom stereocenters. The molecule has 2 heterocycles. The van der Waals surface area contributed by atoms with Crippen LogP contribution in [0.25, 0.3) is 16.9 Å². The maximum atomic E-state index is 12.3. The summed E-state index contributed by atoms with van der Waals surface area (Å²) in [6.07, 6.45) is 2.53. The fraction of sp³-hybridized carbons (Fsp3) is 0.294. The second-order valence-corrected chi connectivity index (χ2v) is 6.61. The van der Waals surface area contributed by atoms with E-state index in [1.165, 1.54) is 11.2 Å². The second-order valence-electron chi connectivity index (χ2n) is 6.61. The highest BCUT2D eigenvalue weighted by atomic mass is 16.6.